The number of carboxylic acids is 1. The van der Waals surface area contributed by atoms with E-state index in [4.69, 9.17) is 5.11 Å². The third-order valence-corrected chi connectivity index (χ3v) is 3.28. The summed E-state index contributed by atoms with van der Waals surface area (Å²) in [6, 6.07) is -1.10. The molecule has 1 saturated heterocycles. The Morgan fingerprint density at radius 3 is 2.62 bits per heavy atom. The number of unbranched alkanes of at least 4 members (excludes halogenated alkanes) is 3. The molecule has 1 aliphatic rings. The lowest BCUT2D eigenvalue weighted by atomic mass is 10.1. The Hall–Kier alpha value is -2.12. The molecule has 0 saturated carbocycles. The predicted molar refractivity (Wildman–Crippen MR) is 73.4 cm³/mol. The highest BCUT2D eigenvalue weighted by Crippen LogP contribution is 2.06. The molecule has 21 heavy (non-hydrogen) atoms. The second-order valence-corrected chi connectivity index (χ2v) is 5.01. The van der Waals surface area contributed by atoms with E-state index >= 15 is 0 Å². The van der Waals surface area contributed by atoms with E-state index in [0.29, 0.717) is 13.0 Å². The van der Waals surface area contributed by atoms with Crippen LogP contribution in [-0.4, -0.2) is 53.0 Å². The van der Waals surface area contributed by atoms with Crippen molar-refractivity contribution in [2.75, 3.05) is 13.1 Å². The summed E-state index contributed by atoms with van der Waals surface area (Å²) < 4.78 is 0. The van der Waals surface area contributed by atoms with Crippen LogP contribution in [0.15, 0.2) is 0 Å². The van der Waals surface area contributed by atoms with Gasteiger partial charge in [0.05, 0.1) is 0 Å². The summed E-state index contributed by atoms with van der Waals surface area (Å²) in [4.78, 5) is 46.1. The summed E-state index contributed by atoms with van der Waals surface area (Å²) >= 11 is 0. The van der Waals surface area contributed by atoms with E-state index in [2.05, 4.69) is 10.6 Å². The molecule has 1 aliphatic heterocycles. The number of rotatable bonds is 7. The fraction of sp³-hybridized carbons (Fsp3) is 0.692. The Kier molecular flexibility index (Phi) is 6.64. The van der Waals surface area contributed by atoms with E-state index in [-0.39, 0.29) is 13.0 Å². The second kappa shape index (κ2) is 8.23. The summed E-state index contributed by atoms with van der Waals surface area (Å²) in [5.41, 5.74) is 0. The number of carbonyl (C=O) groups is 4. The molecule has 8 heteroatoms. The van der Waals surface area contributed by atoms with Crippen molar-refractivity contribution in [1.29, 1.82) is 0 Å². The van der Waals surface area contributed by atoms with Crippen LogP contribution in [0, 0.1) is 0 Å². The Bertz CT molecular complexity index is 424. The number of nitrogens with one attached hydrogen (secondary N) is 2. The molecule has 0 aromatic carbocycles. The number of piperazine rings is 1. The van der Waals surface area contributed by atoms with Crippen molar-refractivity contribution in [3.63, 3.8) is 0 Å². The number of hydrogen-bond acceptors (Lipinski definition) is 4. The Balaban J connectivity index is 2.20. The molecule has 0 spiro atoms. The molecule has 8 nitrogen and oxygen atoms in total. The van der Waals surface area contributed by atoms with Crippen LogP contribution < -0.4 is 10.6 Å². The molecule has 0 bridgehead atoms. The van der Waals surface area contributed by atoms with Crippen LogP contribution in [0.2, 0.25) is 0 Å². The molecule has 1 unspecified atom stereocenters. The lowest BCUT2D eigenvalue weighted by Gasteiger charge is -2.31. The zero-order chi connectivity index (χ0) is 15.8. The molecular weight excluding hydrogens is 278 g/mol. The van der Waals surface area contributed by atoms with Gasteiger partial charge < -0.3 is 15.3 Å². The van der Waals surface area contributed by atoms with Crippen molar-refractivity contribution in [3.05, 3.63) is 0 Å². The first kappa shape index (κ1) is 16.9. The highest BCUT2D eigenvalue weighted by molar-refractivity contribution is 6.03. The van der Waals surface area contributed by atoms with E-state index in [1.807, 2.05) is 0 Å². The van der Waals surface area contributed by atoms with Gasteiger partial charge in [0.15, 0.2) is 0 Å². The van der Waals surface area contributed by atoms with Gasteiger partial charge in [0.25, 0.3) is 0 Å². The van der Waals surface area contributed by atoms with Gasteiger partial charge in [0, 0.05) is 13.0 Å². The zero-order valence-electron chi connectivity index (χ0n) is 12.1. The highest BCUT2D eigenvalue weighted by atomic mass is 16.4. The van der Waals surface area contributed by atoms with Gasteiger partial charge in [-0.25, -0.2) is 4.79 Å². The van der Waals surface area contributed by atoms with E-state index in [1.54, 1.807) is 6.92 Å². The standard InChI is InChI=1S/C13H21N3O5/c1-9-12(20)15-10(17)8-16(9)13(21)14-7-5-3-2-4-6-11(18)19/h9H,2-8H2,1H3,(H,14,21)(H,18,19)(H,15,17,20). The summed E-state index contributed by atoms with van der Waals surface area (Å²) in [5, 5.41) is 13.3. The molecule has 1 atom stereocenters. The first-order valence-electron chi connectivity index (χ1n) is 7.01. The Morgan fingerprint density at radius 2 is 1.95 bits per heavy atom. The lowest BCUT2D eigenvalue weighted by Crippen LogP contribution is -2.60. The number of imide groups is 1. The number of carbonyl (C=O) groups excluding carboxylic acids is 3. The van der Waals surface area contributed by atoms with Gasteiger partial charge in [-0.15, -0.1) is 0 Å². The van der Waals surface area contributed by atoms with Gasteiger partial charge in [-0.05, 0) is 19.8 Å². The van der Waals surface area contributed by atoms with Gasteiger partial charge in [-0.1, -0.05) is 12.8 Å². The number of hydrogen-bond donors (Lipinski definition) is 3. The van der Waals surface area contributed by atoms with Crippen molar-refractivity contribution in [3.8, 4) is 0 Å². The minimum absolute atomic E-state index is 0.128. The van der Waals surface area contributed by atoms with Gasteiger partial charge in [0.2, 0.25) is 11.8 Å². The number of carboxylic acid groups (broad SMARTS) is 1. The van der Waals surface area contributed by atoms with E-state index in [1.165, 1.54) is 4.90 Å². The summed E-state index contributed by atoms with van der Waals surface area (Å²) in [5.74, 6) is -1.76. The first-order valence-corrected chi connectivity index (χ1v) is 7.01. The van der Waals surface area contributed by atoms with Crippen LogP contribution in [-0.2, 0) is 14.4 Å². The maximum absolute atomic E-state index is 11.9. The van der Waals surface area contributed by atoms with Crippen LogP contribution >= 0.6 is 0 Å². The average molecular weight is 299 g/mol. The maximum atomic E-state index is 11.9. The van der Waals surface area contributed by atoms with Crippen molar-refractivity contribution in [1.82, 2.24) is 15.5 Å². The van der Waals surface area contributed by atoms with E-state index in [9.17, 15) is 19.2 Å². The summed E-state index contributed by atoms with van der Waals surface area (Å²) in [7, 11) is 0. The molecule has 0 aromatic rings. The van der Waals surface area contributed by atoms with Crippen LogP contribution in [0.25, 0.3) is 0 Å². The molecule has 4 amide bonds. The molecule has 1 fully saturated rings. The molecule has 0 radical (unpaired) electrons. The second-order valence-electron chi connectivity index (χ2n) is 5.01. The molecule has 0 aliphatic carbocycles. The minimum atomic E-state index is -0.801. The van der Waals surface area contributed by atoms with Crippen LogP contribution in [0.4, 0.5) is 4.79 Å². The summed E-state index contributed by atoms with van der Waals surface area (Å²) in [6.45, 7) is 1.87. The maximum Gasteiger partial charge on any atom is 0.318 e. The average Bonchev–Trinajstić information content (AvgIpc) is 2.41. The third-order valence-electron chi connectivity index (χ3n) is 3.28. The normalized spacial score (nSPS) is 18.3. The Morgan fingerprint density at radius 1 is 1.29 bits per heavy atom. The quantitative estimate of drug-likeness (QED) is 0.455. The molecule has 1 heterocycles. The summed E-state index contributed by atoms with van der Waals surface area (Å²) in [6.07, 6.45) is 3.13. The fourth-order valence-corrected chi connectivity index (χ4v) is 2.01. The van der Waals surface area contributed by atoms with Crippen LogP contribution in [0.3, 0.4) is 0 Å². The SMILES string of the molecule is CC1C(=O)NC(=O)CN1C(=O)NCCCCCCC(=O)O. The monoisotopic (exact) mass is 299 g/mol. The van der Waals surface area contributed by atoms with Crippen LogP contribution in [0.5, 0.6) is 0 Å². The van der Waals surface area contributed by atoms with Crippen molar-refractivity contribution in [2.24, 2.45) is 0 Å². The molecular formula is C13H21N3O5. The van der Waals surface area contributed by atoms with Crippen molar-refractivity contribution < 1.29 is 24.3 Å². The topological polar surface area (TPSA) is 116 Å². The highest BCUT2D eigenvalue weighted by Gasteiger charge is 2.33. The lowest BCUT2D eigenvalue weighted by molar-refractivity contribution is -0.138. The first-order chi connectivity index (χ1) is 9.91. The van der Waals surface area contributed by atoms with E-state index < -0.39 is 29.9 Å². The van der Waals surface area contributed by atoms with Crippen LogP contribution in [0.1, 0.15) is 39.0 Å². The van der Waals surface area contributed by atoms with Crippen molar-refractivity contribution >= 4 is 23.8 Å². The van der Waals surface area contributed by atoms with E-state index in [0.717, 1.165) is 19.3 Å². The number of amides is 4. The Labute approximate surface area is 122 Å². The van der Waals surface area contributed by atoms with Gasteiger partial charge in [-0.2, -0.15) is 0 Å². The fourth-order valence-electron chi connectivity index (χ4n) is 2.01. The van der Waals surface area contributed by atoms with Gasteiger partial charge in [0.1, 0.15) is 12.6 Å². The van der Waals surface area contributed by atoms with Gasteiger partial charge in [-0.3, -0.25) is 19.7 Å². The third kappa shape index (κ3) is 5.80. The minimum Gasteiger partial charge on any atom is -0.481 e. The predicted octanol–water partition coefficient (Wildman–Crippen LogP) is 0.0780. The number of nitrogens with zero attached hydrogens (tertiary/aromatic N) is 1. The molecule has 1 rings (SSSR count). The van der Waals surface area contributed by atoms with Crippen molar-refractivity contribution in [2.45, 2.75) is 45.1 Å². The number of aliphatic carboxylic acids is 1. The molecule has 0 aromatic heterocycles. The van der Waals surface area contributed by atoms with Gasteiger partial charge >= 0.3 is 12.0 Å². The smallest absolute Gasteiger partial charge is 0.318 e. The molecule has 3 N–H and O–H groups in total. The zero-order valence-corrected chi connectivity index (χ0v) is 12.1. The largest absolute Gasteiger partial charge is 0.481 e. The number of urea groups is 1. The molecule has 118 valence electrons.